The number of aryl methyl sites for hydroxylation is 3. The zero-order chi connectivity index (χ0) is 16.4. The summed E-state index contributed by atoms with van der Waals surface area (Å²) in [4.78, 5) is 16.9. The van der Waals surface area contributed by atoms with Gasteiger partial charge in [-0.2, -0.15) is 0 Å². The molecule has 1 aromatic heterocycles. The van der Waals surface area contributed by atoms with Crippen LogP contribution in [0.3, 0.4) is 0 Å². The van der Waals surface area contributed by atoms with Crippen molar-refractivity contribution in [3.63, 3.8) is 0 Å². The smallest absolute Gasteiger partial charge is 0.200 e. The zero-order valence-corrected chi connectivity index (χ0v) is 13.6. The Bertz CT molecular complexity index is 884. The summed E-state index contributed by atoms with van der Waals surface area (Å²) in [5.41, 5.74) is 4.68. The van der Waals surface area contributed by atoms with Gasteiger partial charge >= 0.3 is 0 Å². The summed E-state index contributed by atoms with van der Waals surface area (Å²) in [5.74, 6) is 0.612. The number of hydrogen-bond donors (Lipinski definition) is 0. The SMILES string of the molecule is Cc1ccc2cccc(OCC(=O)c3ccc(C)c(C)c3)c2n1. The number of hydrogen-bond acceptors (Lipinski definition) is 3. The summed E-state index contributed by atoms with van der Waals surface area (Å²) in [6, 6.07) is 15.4. The van der Waals surface area contributed by atoms with E-state index in [1.807, 2.05) is 69.3 Å². The molecule has 0 atom stereocenters. The second kappa shape index (κ2) is 6.21. The first-order chi connectivity index (χ1) is 11.0. The van der Waals surface area contributed by atoms with Crippen molar-refractivity contribution in [2.45, 2.75) is 20.8 Å². The number of nitrogens with zero attached hydrogens (tertiary/aromatic N) is 1. The number of benzene rings is 2. The van der Waals surface area contributed by atoms with Crippen molar-refractivity contribution in [1.82, 2.24) is 4.98 Å². The standard InChI is InChI=1S/C20H19NO2/c1-13-7-9-17(11-14(13)2)18(22)12-23-19-6-4-5-16-10-8-15(3)21-20(16)19/h4-11H,12H2,1-3H3. The van der Waals surface area contributed by atoms with Crippen LogP contribution < -0.4 is 4.74 Å². The van der Waals surface area contributed by atoms with Gasteiger partial charge in [-0.25, -0.2) is 4.98 Å². The van der Waals surface area contributed by atoms with E-state index in [1.165, 1.54) is 5.56 Å². The summed E-state index contributed by atoms with van der Waals surface area (Å²) in [6.07, 6.45) is 0. The minimum atomic E-state index is -0.0299. The van der Waals surface area contributed by atoms with Crippen molar-refractivity contribution in [1.29, 1.82) is 0 Å². The van der Waals surface area contributed by atoms with E-state index in [0.717, 1.165) is 22.2 Å². The number of carbonyl (C=O) groups is 1. The van der Waals surface area contributed by atoms with Gasteiger partial charge in [0.2, 0.25) is 0 Å². The molecule has 3 heteroatoms. The van der Waals surface area contributed by atoms with Gasteiger partial charge in [-0.05, 0) is 50.1 Å². The predicted octanol–water partition coefficient (Wildman–Crippen LogP) is 4.42. The molecular formula is C20H19NO2. The van der Waals surface area contributed by atoms with Crippen LogP contribution in [0.1, 0.15) is 27.2 Å². The maximum Gasteiger partial charge on any atom is 0.200 e. The lowest BCUT2D eigenvalue weighted by molar-refractivity contribution is 0.0922. The summed E-state index contributed by atoms with van der Waals surface area (Å²) < 4.78 is 5.75. The number of Topliss-reactive ketones (excluding diaryl/α,β-unsaturated/α-hetero) is 1. The minimum Gasteiger partial charge on any atom is -0.483 e. The molecule has 0 saturated heterocycles. The molecule has 1 heterocycles. The molecule has 0 spiro atoms. The van der Waals surface area contributed by atoms with Crippen LogP contribution in [0.4, 0.5) is 0 Å². The number of fused-ring (bicyclic) bond motifs is 1. The highest BCUT2D eigenvalue weighted by atomic mass is 16.5. The molecule has 0 saturated carbocycles. The fraction of sp³-hybridized carbons (Fsp3) is 0.200. The molecule has 0 aliphatic carbocycles. The Balaban J connectivity index is 1.81. The molecule has 0 aliphatic heterocycles. The summed E-state index contributed by atoms with van der Waals surface area (Å²) in [7, 11) is 0. The highest BCUT2D eigenvalue weighted by Crippen LogP contribution is 2.24. The van der Waals surface area contributed by atoms with Crippen LogP contribution >= 0.6 is 0 Å². The Morgan fingerprint density at radius 1 is 1.00 bits per heavy atom. The van der Waals surface area contributed by atoms with Crippen molar-refractivity contribution in [3.8, 4) is 5.75 Å². The Hall–Kier alpha value is -2.68. The molecule has 23 heavy (non-hydrogen) atoms. The van der Waals surface area contributed by atoms with E-state index < -0.39 is 0 Å². The van der Waals surface area contributed by atoms with Gasteiger partial charge in [0.15, 0.2) is 12.4 Å². The van der Waals surface area contributed by atoms with E-state index in [1.54, 1.807) is 0 Å². The largest absolute Gasteiger partial charge is 0.483 e. The molecule has 116 valence electrons. The molecule has 0 unspecified atom stereocenters. The molecule has 3 nitrogen and oxygen atoms in total. The number of carbonyl (C=O) groups excluding carboxylic acids is 1. The average Bonchev–Trinajstić information content (AvgIpc) is 2.55. The first-order valence-electron chi connectivity index (χ1n) is 7.64. The lowest BCUT2D eigenvalue weighted by atomic mass is 10.0. The molecule has 0 bridgehead atoms. The van der Waals surface area contributed by atoms with Crippen molar-refractivity contribution < 1.29 is 9.53 Å². The summed E-state index contributed by atoms with van der Waals surface area (Å²) >= 11 is 0. The van der Waals surface area contributed by atoms with Crippen molar-refractivity contribution in [3.05, 3.63) is 70.9 Å². The maximum absolute atomic E-state index is 12.3. The normalized spacial score (nSPS) is 10.7. The quantitative estimate of drug-likeness (QED) is 0.670. The lowest BCUT2D eigenvalue weighted by Crippen LogP contribution is -2.12. The van der Waals surface area contributed by atoms with Gasteiger partial charge in [-0.1, -0.05) is 30.3 Å². The molecule has 0 radical (unpaired) electrons. The molecule has 0 N–H and O–H groups in total. The molecule has 3 rings (SSSR count). The van der Waals surface area contributed by atoms with Gasteiger partial charge in [-0.3, -0.25) is 4.79 Å². The Morgan fingerprint density at radius 3 is 2.61 bits per heavy atom. The third kappa shape index (κ3) is 3.24. The molecule has 0 aliphatic rings. The number of aromatic nitrogens is 1. The molecule has 3 aromatic rings. The van der Waals surface area contributed by atoms with E-state index in [2.05, 4.69) is 4.98 Å². The number of rotatable bonds is 4. The zero-order valence-electron chi connectivity index (χ0n) is 13.6. The topological polar surface area (TPSA) is 39.2 Å². The number of ether oxygens (including phenoxy) is 1. The van der Waals surface area contributed by atoms with Gasteiger partial charge in [-0.15, -0.1) is 0 Å². The summed E-state index contributed by atoms with van der Waals surface area (Å²) in [6.45, 7) is 5.99. The third-order valence-corrected chi connectivity index (χ3v) is 4.01. The van der Waals surface area contributed by atoms with Crippen LogP contribution in [0.5, 0.6) is 5.75 Å². The van der Waals surface area contributed by atoms with Crippen LogP contribution in [0.15, 0.2) is 48.5 Å². The van der Waals surface area contributed by atoms with Crippen molar-refractivity contribution >= 4 is 16.7 Å². The van der Waals surface area contributed by atoms with Crippen LogP contribution in [-0.2, 0) is 0 Å². The second-order valence-corrected chi connectivity index (χ2v) is 5.79. The number of para-hydroxylation sites is 1. The van der Waals surface area contributed by atoms with Gasteiger partial charge < -0.3 is 4.74 Å². The lowest BCUT2D eigenvalue weighted by Gasteiger charge is -2.09. The average molecular weight is 305 g/mol. The fourth-order valence-electron chi connectivity index (χ4n) is 2.48. The molecule has 0 fully saturated rings. The maximum atomic E-state index is 12.3. The highest BCUT2D eigenvalue weighted by molar-refractivity contribution is 5.97. The number of ketones is 1. The molecule has 2 aromatic carbocycles. The fourth-order valence-corrected chi connectivity index (χ4v) is 2.48. The van der Waals surface area contributed by atoms with E-state index in [4.69, 9.17) is 4.74 Å². The van der Waals surface area contributed by atoms with E-state index >= 15 is 0 Å². The Kier molecular flexibility index (Phi) is 4.11. The van der Waals surface area contributed by atoms with Gasteiger partial charge in [0, 0.05) is 16.6 Å². The van der Waals surface area contributed by atoms with Crippen LogP contribution in [0.2, 0.25) is 0 Å². The molecular weight excluding hydrogens is 286 g/mol. The molecule has 0 amide bonds. The van der Waals surface area contributed by atoms with E-state index in [0.29, 0.717) is 11.3 Å². The third-order valence-electron chi connectivity index (χ3n) is 4.01. The van der Waals surface area contributed by atoms with Gasteiger partial charge in [0.25, 0.3) is 0 Å². The monoisotopic (exact) mass is 305 g/mol. The van der Waals surface area contributed by atoms with Crippen LogP contribution in [-0.4, -0.2) is 17.4 Å². The number of pyridine rings is 1. The second-order valence-electron chi connectivity index (χ2n) is 5.79. The predicted molar refractivity (Wildman–Crippen MR) is 92.2 cm³/mol. The van der Waals surface area contributed by atoms with Gasteiger partial charge in [0.1, 0.15) is 11.3 Å². The minimum absolute atomic E-state index is 0.0111. The van der Waals surface area contributed by atoms with Crippen molar-refractivity contribution in [2.75, 3.05) is 6.61 Å². The Morgan fingerprint density at radius 2 is 1.83 bits per heavy atom. The first kappa shape index (κ1) is 15.2. The highest BCUT2D eigenvalue weighted by Gasteiger charge is 2.10. The van der Waals surface area contributed by atoms with Crippen LogP contribution in [0, 0.1) is 20.8 Å². The first-order valence-corrected chi connectivity index (χ1v) is 7.64. The van der Waals surface area contributed by atoms with Crippen LogP contribution in [0.25, 0.3) is 10.9 Å². The Labute approximate surface area is 135 Å². The van der Waals surface area contributed by atoms with E-state index in [9.17, 15) is 4.79 Å². The van der Waals surface area contributed by atoms with E-state index in [-0.39, 0.29) is 12.4 Å². The van der Waals surface area contributed by atoms with Gasteiger partial charge in [0.05, 0.1) is 0 Å². The summed E-state index contributed by atoms with van der Waals surface area (Å²) in [5, 5.41) is 1.01. The van der Waals surface area contributed by atoms with Crippen molar-refractivity contribution in [2.24, 2.45) is 0 Å².